The Hall–Kier alpha value is -2.91. The topological polar surface area (TPSA) is 108 Å². The highest BCUT2D eigenvalue weighted by Gasteiger charge is 2.40. The van der Waals surface area contributed by atoms with Crippen LogP contribution in [0.5, 0.6) is 0 Å². The Morgan fingerprint density at radius 3 is 2.76 bits per heavy atom. The van der Waals surface area contributed by atoms with Crippen molar-refractivity contribution >= 4 is 52.4 Å². The maximum absolute atomic E-state index is 12.8. The van der Waals surface area contributed by atoms with Gasteiger partial charge in [-0.25, -0.2) is 4.79 Å². The number of urea groups is 1. The van der Waals surface area contributed by atoms with Crippen molar-refractivity contribution in [1.29, 1.82) is 0 Å². The third-order valence-electron chi connectivity index (χ3n) is 6.06. The molecule has 1 saturated heterocycles. The number of amides is 5. The van der Waals surface area contributed by atoms with Gasteiger partial charge < -0.3 is 15.5 Å². The van der Waals surface area contributed by atoms with Crippen LogP contribution in [0.3, 0.4) is 0 Å². The van der Waals surface area contributed by atoms with Gasteiger partial charge in [0.05, 0.1) is 12.1 Å². The van der Waals surface area contributed by atoms with Crippen molar-refractivity contribution < 1.29 is 19.2 Å². The average Bonchev–Trinajstić information content (AvgIpc) is 3.29. The van der Waals surface area contributed by atoms with Crippen LogP contribution in [0.2, 0.25) is 5.02 Å². The van der Waals surface area contributed by atoms with E-state index in [1.54, 1.807) is 11.4 Å². The van der Waals surface area contributed by atoms with Gasteiger partial charge in [0.25, 0.3) is 5.91 Å². The van der Waals surface area contributed by atoms with Crippen molar-refractivity contribution in [2.45, 2.75) is 58.7 Å². The first kappa shape index (κ1) is 23.3. The molecule has 3 heterocycles. The lowest BCUT2D eigenvalue weighted by molar-refractivity contribution is -0.136. The van der Waals surface area contributed by atoms with Crippen molar-refractivity contribution in [3.63, 3.8) is 0 Å². The second kappa shape index (κ2) is 9.15. The zero-order valence-corrected chi connectivity index (χ0v) is 20.2. The van der Waals surface area contributed by atoms with Crippen LogP contribution in [0, 0.1) is 6.92 Å². The molecule has 1 fully saturated rings. The lowest BCUT2D eigenvalue weighted by Gasteiger charge is -2.29. The first-order valence-corrected chi connectivity index (χ1v) is 12.0. The first-order valence-electron chi connectivity index (χ1n) is 10.7. The van der Waals surface area contributed by atoms with Crippen molar-refractivity contribution in [3.05, 3.63) is 49.7 Å². The molecule has 10 heteroatoms. The number of thiophene rings is 1. The van der Waals surface area contributed by atoms with Gasteiger partial charge in [0.2, 0.25) is 11.8 Å². The van der Waals surface area contributed by atoms with Crippen LogP contribution in [-0.2, 0) is 22.7 Å². The monoisotopic (exact) mass is 488 g/mol. The van der Waals surface area contributed by atoms with Crippen LogP contribution >= 0.6 is 22.9 Å². The summed E-state index contributed by atoms with van der Waals surface area (Å²) >= 11 is 7.72. The van der Waals surface area contributed by atoms with Gasteiger partial charge in [-0.15, -0.1) is 11.3 Å². The summed E-state index contributed by atoms with van der Waals surface area (Å²) in [4.78, 5) is 51.3. The Balaban J connectivity index is 1.40. The SMILES string of the molecule is Cc1c(Cl)cc(NC(=O)NCc2scc3c2CN(C2CCC(=O)NC2=O)C3=O)cc1C(C)C. The summed E-state index contributed by atoms with van der Waals surface area (Å²) in [7, 11) is 0. The van der Waals surface area contributed by atoms with Crippen LogP contribution in [-0.4, -0.2) is 34.7 Å². The third-order valence-corrected chi connectivity index (χ3v) is 7.48. The number of carbonyl (C=O) groups excluding carboxylic acids is 4. The van der Waals surface area contributed by atoms with Crippen LogP contribution in [0.25, 0.3) is 0 Å². The van der Waals surface area contributed by atoms with E-state index in [0.717, 1.165) is 21.6 Å². The summed E-state index contributed by atoms with van der Waals surface area (Å²) < 4.78 is 0. The molecule has 1 aromatic carbocycles. The molecule has 1 atom stereocenters. The Labute approximate surface area is 200 Å². The summed E-state index contributed by atoms with van der Waals surface area (Å²) in [5, 5.41) is 10.3. The molecule has 1 unspecified atom stereocenters. The smallest absolute Gasteiger partial charge is 0.319 e. The number of piperidine rings is 1. The number of imide groups is 1. The molecule has 0 bridgehead atoms. The van der Waals surface area contributed by atoms with Crippen molar-refractivity contribution in [1.82, 2.24) is 15.5 Å². The number of fused-ring (bicyclic) bond motifs is 1. The summed E-state index contributed by atoms with van der Waals surface area (Å²) in [6.07, 6.45) is 0.529. The van der Waals surface area contributed by atoms with Crippen molar-refractivity contribution in [3.8, 4) is 0 Å². The second-order valence-corrected chi connectivity index (χ2v) is 9.96. The minimum Gasteiger partial charge on any atom is -0.333 e. The maximum Gasteiger partial charge on any atom is 0.319 e. The molecular formula is C23H25ClN4O4S. The van der Waals surface area contributed by atoms with Gasteiger partial charge in [-0.1, -0.05) is 25.4 Å². The molecule has 1 aromatic heterocycles. The number of benzene rings is 1. The average molecular weight is 489 g/mol. The molecule has 3 N–H and O–H groups in total. The molecule has 33 heavy (non-hydrogen) atoms. The van der Waals surface area contributed by atoms with E-state index in [0.29, 0.717) is 22.7 Å². The Morgan fingerprint density at radius 2 is 2.06 bits per heavy atom. The fourth-order valence-electron chi connectivity index (χ4n) is 4.26. The molecule has 5 amide bonds. The summed E-state index contributed by atoms with van der Waals surface area (Å²) in [6.45, 7) is 6.63. The fraction of sp³-hybridized carbons (Fsp3) is 0.391. The Morgan fingerprint density at radius 1 is 1.30 bits per heavy atom. The van der Waals surface area contributed by atoms with Crippen molar-refractivity contribution in [2.24, 2.45) is 0 Å². The standard InChI is InChI=1S/C23H25ClN4O4S/c1-11(2)14-6-13(7-17(24)12(14)3)26-23(32)25-8-19-15-9-28(22(31)16(15)10-33-19)18-4-5-20(29)27-21(18)30/h6-7,10-11,18H,4-5,8-9H2,1-3H3,(H2,25,26,32)(H,27,29,30). The molecule has 0 saturated carbocycles. The highest BCUT2D eigenvalue weighted by atomic mass is 35.5. The van der Waals surface area contributed by atoms with Gasteiger partial charge in [0.1, 0.15) is 6.04 Å². The van der Waals surface area contributed by atoms with E-state index < -0.39 is 11.9 Å². The normalized spacial score (nSPS) is 17.9. The number of carbonyl (C=O) groups is 4. The van der Waals surface area contributed by atoms with Gasteiger partial charge in [-0.3, -0.25) is 19.7 Å². The van der Waals surface area contributed by atoms with E-state index in [4.69, 9.17) is 11.6 Å². The number of nitrogens with one attached hydrogen (secondary N) is 3. The Bertz CT molecular complexity index is 1160. The highest BCUT2D eigenvalue weighted by molar-refractivity contribution is 7.10. The highest BCUT2D eigenvalue weighted by Crippen LogP contribution is 2.34. The molecule has 0 aliphatic carbocycles. The number of rotatable bonds is 5. The molecular weight excluding hydrogens is 464 g/mol. The lowest BCUT2D eigenvalue weighted by Crippen LogP contribution is -2.52. The van der Waals surface area contributed by atoms with E-state index in [1.807, 2.05) is 13.0 Å². The largest absolute Gasteiger partial charge is 0.333 e. The molecule has 4 rings (SSSR count). The summed E-state index contributed by atoms with van der Waals surface area (Å²) in [5.41, 5.74) is 4.05. The lowest BCUT2D eigenvalue weighted by atomic mass is 9.97. The number of anilines is 1. The predicted octanol–water partition coefficient (Wildman–Crippen LogP) is 3.92. The molecule has 2 aliphatic rings. The number of nitrogens with zero attached hydrogens (tertiary/aromatic N) is 1. The molecule has 0 radical (unpaired) electrons. The number of hydrogen-bond donors (Lipinski definition) is 3. The molecule has 0 spiro atoms. The van der Waals surface area contributed by atoms with E-state index >= 15 is 0 Å². The van der Waals surface area contributed by atoms with Crippen LogP contribution in [0.15, 0.2) is 17.5 Å². The van der Waals surface area contributed by atoms with E-state index in [-0.39, 0.29) is 43.3 Å². The third kappa shape index (κ3) is 4.60. The summed E-state index contributed by atoms with van der Waals surface area (Å²) in [5.74, 6) is -0.707. The molecule has 2 aliphatic heterocycles. The van der Waals surface area contributed by atoms with E-state index in [1.165, 1.54) is 16.2 Å². The first-order chi connectivity index (χ1) is 15.7. The van der Waals surface area contributed by atoms with Gasteiger partial charge in [0.15, 0.2) is 0 Å². The number of halogens is 1. The minimum atomic E-state index is -0.654. The quantitative estimate of drug-likeness (QED) is 0.554. The zero-order chi connectivity index (χ0) is 23.9. The fourth-order valence-corrected chi connectivity index (χ4v) is 5.46. The van der Waals surface area contributed by atoms with Crippen molar-refractivity contribution in [2.75, 3.05) is 5.32 Å². The van der Waals surface area contributed by atoms with Crippen LogP contribution < -0.4 is 16.0 Å². The van der Waals surface area contributed by atoms with Crippen LogP contribution in [0.4, 0.5) is 10.5 Å². The molecule has 2 aromatic rings. The minimum absolute atomic E-state index is 0.211. The van der Waals surface area contributed by atoms with E-state index in [2.05, 4.69) is 29.8 Å². The number of hydrogen-bond acceptors (Lipinski definition) is 5. The maximum atomic E-state index is 12.8. The molecule has 174 valence electrons. The van der Waals surface area contributed by atoms with E-state index in [9.17, 15) is 19.2 Å². The van der Waals surface area contributed by atoms with Crippen LogP contribution in [0.1, 0.15) is 64.5 Å². The van der Waals surface area contributed by atoms with Gasteiger partial charge >= 0.3 is 6.03 Å². The summed E-state index contributed by atoms with van der Waals surface area (Å²) in [6, 6.07) is 2.61. The molecule has 8 nitrogen and oxygen atoms in total. The van der Waals surface area contributed by atoms with Gasteiger partial charge in [-0.2, -0.15) is 0 Å². The zero-order valence-electron chi connectivity index (χ0n) is 18.6. The predicted molar refractivity (Wildman–Crippen MR) is 127 cm³/mol. The Kier molecular flexibility index (Phi) is 6.45. The van der Waals surface area contributed by atoms with Gasteiger partial charge in [-0.05, 0) is 48.1 Å². The second-order valence-electron chi connectivity index (χ2n) is 8.59. The van der Waals surface area contributed by atoms with Gasteiger partial charge in [0, 0.05) is 33.9 Å².